The monoisotopic (exact) mass is 368 g/mol. The molecule has 0 spiro atoms. The number of amides is 2. The molecule has 0 fully saturated rings. The highest BCUT2D eigenvalue weighted by Gasteiger charge is 2.17. The van der Waals surface area contributed by atoms with E-state index >= 15 is 0 Å². The molecule has 2 aromatic heterocycles. The van der Waals surface area contributed by atoms with E-state index in [1.807, 2.05) is 30.3 Å². The van der Waals surface area contributed by atoms with Crippen molar-refractivity contribution >= 4 is 28.3 Å². The lowest BCUT2D eigenvalue weighted by Crippen LogP contribution is -2.22. The molecule has 3 rings (SSSR count). The smallest absolute Gasteiger partial charge is 0.263 e. The normalized spacial score (nSPS) is 10.3. The van der Waals surface area contributed by atoms with Gasteiger partial charge in [-0.15, -0.1) is 0 Å². The average Bonchev–Trinajstić information content (AvgIpc) is 3.01. The number of nitrogens with zero attached hydrogens (tertiary/aromatic N) is 1. The molecule has 8 heteroatoms. The minimum atomic E-state index is -0.457. The quantitative estimate of drug-likeness (QED) is 0.643. The fourth-order valence-corrected chi connectivity index (χ4v) is 3.15. The first-order valence-corrected chi connectivity index (χ1v) is 8.64. The summed E-state index contributed by atoms with van der Waals surface area (Å²) in [6, 6.07) is 12.3. The number of pyridine rings is 1. The number of benzene rings is 1. The Hall–Kier alpha value is -3.26. The van der Waals surface area contributed by atoms with Gasteiger partial charge >= 0.3 is 0 Å². The molecule has 2 amide bonds. The fourth-order valence-electron chi connectivity index (χ4n) is 2.27. The van der Waals surface area contributed by atoms with Crippen molar-refractivity contribution in [2.75, 3.05) is 5.32 Å². The van der Waals surface area contributed by atoms with Crippen molar-refractivity contribution < 1.29 is 9.59 Å². The molecule has 0 unspecified atom stereocenters. The second-order valence-electron chi connectivity index (χ2n) is 5.50. The number of anilines is 1. The Morgan fingerprint density at radius 2 is 1.92 bits per heavy atom. The van der Waals surface area contributed by atoms with Crippen LogP contribution in [0.15, 0.2) is 53.5 Å². The Kier molecular flexibility index (Phi) is 5.23. The Balaban J connectivity index is 1.67. The molecule has 26 heavy (non-hydrogen) atoms. The summed E-state index contributed by atoms with van der Waals surface area (Å²) in [5, 5.41) is 5.75. The summed E-state index contributed by atoms with van der Waals surface area (Å²) in [5.41, 5.74) is 1.37. The number of hydrogen-bond acceptors (Lipinski definition) is 5. The zero-order valence-corrected chi connectivity index (χ0v) is 14.7. The molecule has 0 bridgehead atoms. The SMILES string of the molecule is Cc1nc(NC(=O)c2cc[nH]c(=O)c2)sc1C(=O)NCc1ccccc1. The summed E-state index contributed by atoms with van der Waals surface area (Å²) < 4.78 is 0. The number of H-pyrrole nitrogens is 1. The number of aromatic nitrogens is 2. The molecule has 0 saturated carbocycles. The molecule has 3 N–H and O–H groups in total. The first kappa shape index (κ1) is 17.6. The standard InChI is InChI=1S/C18H16N4O3S/c1-11-15(17(25)20-10-12-5-3-2-4-6-12)26-18(21-11)22-16(24)13-7-8-19-14(23)9-13/h2-9H,10H2,1H3,(H,19,23)(H,20,25)(H,21,22,24). The molecule has 0 atom stereocenters. The van der Waals surface area contributed by atoms with Gasteiger partial charge in [0.15, 0.2) is 5.13 Å². The highest BCUT2D eigenvalue weighted by atomic mass is 32.1. The summed E-state index contributed by atoms with van der Waals surface area (Å²) >= 11 is 1.09. The average molecular weight is 368 g/mol. The topological polar surface area (TPSA) is 104 Å². The van der Waals surface area contributed by atoms with E-state index in [-0.39, 0.29) is 17.0 Å². The third kappa shape index (κ3) is 4.22. The van der Waals surface area contributed by atoms with Crippen LogP contribution in [0.5, 0.6) is 0 Å². The van der Waals surface area contributed by atoms with E-state index < -0.39 is 5.91 Å². The van der Waals surface area contributed by atoms with E-state index in [0.29, 0.717) is 22.2 Å². The highest BCUT2D eigenvalue weighted by molar-refractivity contribution is 7.17. The van der Waals surface area contributed by atoms with Gasteiger partial charge in [0.1, 0.15) is 4.88 Å². The lowest BCUT2D eigenvalue weighted by molar-refractivity contribution is 0.0953. The predicted molar refractivity (Wildman–Crippen MR) is 99.5 cm³/mol. The van der Waals surface area contributed by atoms with Gasteiger partial charge in [0.05, 0.1) is 5.69 Å². The molecular formula is C18H16N4O3S. The van der Waals surface area contributed by atoms with Crippen LogP contribution in [0, 0.1) is 6.92 Å². The van der Waals surface area contributed by atoms with Crippen LogP contribution in [0.3, 0.4) is 0 Å². The fraction of sp³-hybridized carbons (Fsp3) is 0.111. The number of nitrogens with one attached hydrogen (secondary N) is 3. The minimum absolute atomic E-state index is 0.219. The predicted octanol–water partition coefficient (Wildman–Crippen LogP) is 2.32. The number of rotatable bonds is 5. The van der Waals surface area contributed by atoms with Gasteiger partial charge in [0, 0.05) is 24.4 Å². The van der Waals surface area contributed by atoms with Crippen molar-refractivity contribution in [1.29, 1.82) is 0 Å². The van der Waals surface area contributed by atoms with Gasteiger partial charge in [-0.2, -0.15) is 0 Å². The summed E-state index contributed by atoms with van der Waals surface area (Å²) in [6.07, 6.45) is 1.40. The van der Waals surface area contributed by atoms with E-state index in [9.17, 15) is 14.4 Å². The van der Waals surface area contributed by atoms with Crippen molar-refractivity contribution in [3.05, 3.63) is 80.7 Å². The second kappa shape index (κ2) is 7.75. The Morgan fingerprint density at radius 1 is 1.15 bits per heavy atom. The molecule has 0 saturated heterocycles. The third-order valence-corrected chi connectivity index (χ3v) is 4.63. The van der Waals surface area contributed by atoms with Crippen LogP contribution >= 0.6 is 11.3 Å². The highest BCUT2D eigenvalue weighted by Crippen LogP contribution is 2.23. The van der Waals surface area contributed by atoms with Crippen LogP contribution < -0.4 is 16.2 Å². The van der Waals surface area contributed by atoms with Crippen LogP contribution in [0.25, 0.3) is 0 Å². The van der Waals surface area contributed by atoms with E-state index in [2.05, 4.69) is 20.6 Å². The molecule has 1 aromatic carbocycles. The van der Waals surface area contributed by atoms with Gasteiger partial charge in [0.2, 0.25) is 5.56 Å². The number of carbonyl (C=O) groups is 2. The molecule has 132 valence electrons. The summed E-state index contributed by atoms with van der Waals surface area (Å²) in [6.45, 7) is 2.11. The Bertz CT molecular complexity index is 995. The molecule has 0 aliphatic rings. The molecule has 0 radical (unpaired) electrons. The number of aryl methyl sites for hydroxylation is 1. The van der Waals surface area contributed by atoms with E-state index in [1.54, 1.807) is 6.92 Å². The van der Waals surface area contributed by atoms with Crippen LogP contribution in [0.2, 0.25) is 0 Å². The maximum absolute atomic E-state index is 12.4. The van der Waals surface area contributed by atoms with Gasteiger partial charge in [-0.25, -0.2) is 4.98 Å². The third-order valence-electron chi connectivity index (χ3n) is 3.56. The van der Waals surface area contributed by atoms with Crippen LogP contribution in [0.1, 0.15) is 31.3 Å². The summed E-state index contributed by atoms with van der Waals surface area (Å²) in [4.78, 5) is 42.9. The number of thiazole rings is 1. The maximum atomic E-state index is 12.4. The van der Waals surface area contributed by atoms with Crippen LogP contribution in [0.4, 0.5) is 5.13 Å². The molecule has 3 aromatic rings. The lowest BCUT2D eigenvalue weighted by atomic mass is 10.2. The second-order valence-corrected chi connectivity index (χ2v) is 6.50. The van der Waals surface area contributed by atoms with Gasteiger partial charge in [-0.1, -0.05) is 41.7 Å². The zero-order chi connectivity index (χ0) is 18.5. The molecule has 2 heterocycles. The zero-order valence-electron chi connectivity index (χ0n) is 13.9. The largest absolute Gasteiger partial charge is 0.347 e. The van der Waals surface area contributed by atoms with E-state index in [1.165, 1.54) is 18.3 Å². The maximum Gasteiger partial charge on any atom is 0.263 e. The number of hydrogen-bond donors (Lipinski definition) is 3. The lowest BCUT2D eigenvalue weighted by Gasteiger charge is -2.03. The van der Waals surface area contributed by atoms with Crippen molar-refractivity contribution in [3.63, 3.8) is 0 Å². The van der Waals surface area contributed by atoms with Crippen LogP contribution in [-0.2, 0) is 6.54 Å². The van der Waals surface area contributed by atoms with Gasteiger partial charge in [-0.3, -0.25) is 19.7 Å². The van der Waals surface area contributed by atoms with Gasteiger partial charge < -0.3 is 10.3 Å². The number of carbonyl (C=O) groups excluding carboxylic acids is 2. The van der Waals surface area contributed by atoms with E-state index in [0.717, 1.165) is 16.9 Å². The molecule has 0 aliphatic heterocycles. The minimum Gasteiger partial charge on any atom is -0.347 e. The first-order chi connectivity index (χ1) is 12.5. The summed E-state index contributed by atoms with van der Waals surface area (Å²) in [7, 11) is 0. The Labute approximate surface area is 153 Å². The van der Waals surface area contributed by atoms with E-state index in [4.69, 9.17) is 0 Å². The summed E-state index contributed by atoms with van der Waals surface area (Å²) in [5.74, 6) is -0.707. The van der Waals surface area contributed by atoms with Gasteiger partial charge in [-0.05, 0) is 18.6 Å². The van der Waals surface area contributed by atoms with Crippen LogP contribution in [-0.4, -0.2) is 21.8 Å². The van der Waals surface area contributed by atoms with Gasteiger partial charge in [0.25, 0.3) is 11.8 Å². The molecule has 0 aliphatic carbocycles. The van der Waals surface area contributed by atoms with Crippen molar-refractivity contribution in [2.45, 2.75) is 13.5 Å². The Morgan fingerprint density at radius 3 is 2.65 bits per heavy atom. The first-order valence-electron chi connectivity index (χ1n) is 7.82. The van der Waals surface area contributed by atoms with Crippen molar-refractivity contribution in [3.8, 4) is 0 Å². The molecule has 7 nitrogen and oxygen atoms in total. The number of aromatic amines is 1. The van der Waals surface area contributed by atoms with Crippen molar-refractivity contribution in [2.24, 2.45) is 0 Å². The van der Waals surface area contributed by atoms with Crippen molar-refractivity contribution in [1.82, 2.24) is 15.3 Å². The molecular weight excluding hydrogens is 352 g/mol.